The van der Waals surface area contributed by atoms with Gasteiger partial charge in [0, 0.05) is 30.8 Å². The summed E-state index contributed by atoms with van der Waals surface area (Å²) in [5, 5.41) is 12.0. The third kappa shape index (κ3) is 2.90. The lowest BCUT2D eigenvalue weighted by molar-refractivity contribution is -0.384. The van der Waals surface area contributed by atoms with Crippen LogP contribution in [0.4, 0.5) is 5.69 Å². The number of benzene rings is 1. The number of nitro groups is 1. The maximum atomic E-state index is 12.0. The zero-order valence-corrected chi connectivity index (χ0v) is 13.7. The fraction of sp³-hybridized carbons (Fsp3) is 0.263. The van der Waals surface area contributed by atoms with Gasteiger partial charge in [-0.1, -0.05) is 30.3 Å². The Morgan fingerprint density at radius 2 is 1.84 bits per heavy atom. The lowest BCUT2D eigenvalue weighted by atomic mass is 10.0. The van der Waals surface area contributed by atoms with Gasteiger partial charge in [0.05, 0.1) is 41.8 Å². The van der Waals surface area contributed by atoms with E-state index in [1.807, 2.05) is 36.4 Å². The third-order valence-electron chi connectivity index (χ3n) is 4.64. The Morgan fingerprint density at radius 1 is 1.08 bits per heavy atom. The summed E-state index contributed by atoms with van der Waals surface area (Å²) in [7, 11) is 0. The van der Waals surface area contributed by atoms with Crippen LogP contribution in [0.2, 0.25) is 0 Å². The van der Waals surface area contributed by atoms with Crippen LogP contribution in [0, 0.1) is 10.1 Å². The van der Waals surface area contributed by atoms with E-state index in [-0.39, 0.29) is 10.6 Å². The summed E-state index contributed by atoms with van der Waals surface area (Å²) in [5.41, 5.74) is 4.04. The van der Waals surface area contributed by atoms with Crippen LogP contribution in [-0.2, 0) is 11.3 Å². The van der Waals surface area contributed by atoms with E-state index in [9.17, 15) is 10.1 Å². The molecule has 0 bridgehead atoms. The Balaban J connectivity index is 1.89. The molecule has 6 nitrogen and oxygen atoms in total. The first-order valence-corrected chi connectivity index (χ1v) is 8.26. The molecule has 0 unspecified atom stereocenters. The SMILES string of the molecule is O=[N+]([O-])c1c(CN2CCOCC2)c2ccocc-2c1-c1ccccc1. The van der Waals surface area contributed by atoms with Gasteiger partial charge in [0.2, 0.25) is 0 Å². The minimum atomic E-state index is -0.266. The van der Waals surface area contributed by atoms with Crippen LogP contribution >= 0.6 is 0 Å². The highest BCUT2D eigenvalue weighted by Gasteiger charge is 2.33. The lowest BCUT2D eigenvalue weighted by Gasteiger charge is -2.26. The molecule has 1 saturated heterocycles. The summed E-state index contributed by atoms with van der Waals surface area (Å²) in [6, 6.07) is 11.3. The minimum Gasteiger partial charge on any atom is -0.472 e. The van der Waals surface area contributed by atoms with Crippen molar-refractivity contribution >= 4 is 5.69 Å². The summed E-state index contributed by atoms with van der Waals surface area (Å²) in [6.45, 7) is 3.41. The quantitative estimate of drug-likeness (QED) is 0.535. The Bertz CT molecular complexity index is 853. The predicted octanol–water partition coefficient (Wildman–Crippen LogP) is 3.79. The molecule has 6 heteroatoms. The average Bonchev–Trinajstić information content (AvgIpc) is 2.98. The first kappa shape index (κ1) is 15.8. The van der Waals surface area contributed by atoms with E-state index < -0.39 is 0 Å². The van der Waals surface area contributed by atoms with Crippen molar-refractivity contribution in [3.05, 3.63) is 64.6 Å². The molecule has 3 aliphatic rings. The normalized spacial score (nSPS) is 15.5. The van der Waals surface area contributed by atoms with Crippen molar-refractivity contribution in [1.82, 2.24) is 4.90 Å². The Labute approximate surface area is 145 Å². The summed E-state index contributed by atoms with van der Waals surface area (Å²) in [5.74, 6) is 0. The van der Waals surface area contributed by atoms with E-state index in [1.165, 1.54) is 0 Å². The summed E-state index contributed by atoms with van der Waals surface area (Å²) >= 11 is 0. The smallest absolute Gasteiger partial charge is 0.283 e. The molecule has 1 aromatic carbocycles. The predicted molar refractivity (Wildman–Crippen MR) is 93.5 cm³/mol. The van der Waals surface area contributed by atoms with Crippen molar-refractivity contribution in [2.75, 3.05) is 26.3 Å². The van der Waals surface area contributed by atoms with Gasteiger partial charge in [0.15, 0.2) is 0 Å². The molecule has 0 saturated carbocycles. The van der Waals surface area contributed by atoms with Crippen LogP contribution in [0.15, 0.2) is 53.3 Å². The minimum absolute atomic E-state index is 0.175. The number of rotatable bonds is 4. The van der Waals surface area contributed by atoms with Crippen molar-refractivity contribution in [3.63, 3.8) is 0 Å². The summed E-state index contributed by atoms with van der Waals surface area (Å²) < 4.78 is 10.7. The largest absolute Gasteiger partial charge is 0.472 e. The molecular formula is C19H18N2O4. The molecule has 25 heavy (non-hydrogen) atoms. The van der Waals surface area contributed by atoms with Gasteiger partial charge in [0.25, 0.3) is 5.69 Å². The average molecular weight is 338 g/mol. The van der Waals surface area contributed by atoms with Gasteiger partial charge in [0.1, 0.15) is 0 Å². The zero-order valence-electron chi connectivity index (χ0n) is 13.7. The number of hydrogen-bond donors (Lipinski definition) is 0. The van der Waals surface area contributed by atoms with E-state index in [0.29, 0.717) is 25.3 Å². The molecule has 0 spiro atoms. The molecule has 2 aliphatic heterocycles. The van der Waals surface area contributed by atoms with Crippen LogP contribution in [0.5, 0.6) is 0 Å². The second-order valence-corrected chi connectivity index (χ2v) is 6.10. The van der Waals surface area contributed by atoms with E-state index in [4.69, 9.17) is 9.15 Å². The lowest BCUT2D eigenvalue weighted by Crippen LogP contribution is -2.35. The van der Waals surface area contributed by atoms with Crippen molar-refractivity contribution < 1.29 is 14.1 Å². The molecule has 2 heterocycles. The second kappa shape index (κ2) is 6.66. The van der Waals surface area contributed by atoms with Crippen molar-refractivity contribution in [3.8, 4) is 22.3 Å². The number of fused-ring (bicyclic) bond motifs is 1. The zero-order chi connectivity index (χ0) is 17.2. The van der Waals surface area contributed by atoms with Gasteiger partial charge in [-0.25, -0.2) is 0 Å². The second-order valence-electron chi connectivity index (χ2n) is 6.10. The molecule has 1 aromatic rings. The fourth-order valence-corrected chi connectivity index (χ4v) is 3.47. The maximum absolute atomic E-state index is 12.0. The molecule has 1 fully saturated rings. The Morgan fingerprint density at radius 3 is 2.56 bits per heavy atom. The van der Waals surface area contributed by atoms with Crippen molar-refractivity contribution in [1.29, 1.82) is 0 Å². The molecule has 0 radical (unpaired) electrons. The summed E-state index contributed by atoms with van der Waals surface area (Å²) in [6.07, 6.45) is 3.18. The monoisotopic (exact) mass is 338 g/mol. The number of nitrogens with zero attached hydrogens (tertiary/aromatic N) is 2. The van der Waals surface area contributed by atoms with Gasteiger partial charge in [-0.05, 0) is 11.6 Å². The van der Waals surface area contributed by atoms with Gasteiger partial charge in [-0.2, -0.15) is 0 Å². The van der Waals surface area contributed by atoms with Crippen LogP contribution in [0.25, 0.3) is 22.3 Å². The van der Waals surface area contributed by atoms with Gasteiger partial charge in [-0.15, -0.1) is 0 Å². The van der Waals surface area contributed by atoms with Crippen LogP contribution in [0.3, 0.4) is 0 Å². The third-order valence-corrected chi connectivity index (χ3v) is 4.64. The Kier molecular flexibility index (Phi) is 4.21. The molecule has 1 aliphatic carbocycles. The van der Waals surface area contributed by atoms with Crippen LogP contribution < -0.4 is 0 Å². The molecule has 4 rings (SSSR count). The number of ether oxygens (including phenoxy) is 1. The molecular weight excluding hydrogens is 320 g/mol. The van der Waals surface area contributed by atoms with Gasteiger partial charge in [-0.3, -0.25) is 15.0 Å². The molecule has 0 N–H and O–H groups in total. The van der Waals surface area contributed by atoms with Crippen LogP contribution in [-0.4, -0.2) is 36.1 Å². The highest BCUT2D eigenvalue weighted by atomic mass is 16.6. The van der Waals surface area contributed by atoms with Gasteiger partial charge < -0.3 is 9.15 Å². The van der Waals surface area contributed by atoms with E-state index in [2.05, 4.69) is 4.90 Å². The number of hydrogen-bond acceptors (Lipinski definition) is 5. The van der Waals surface area contributed by atoms with E-state index >= 15 is 0 Å². The first-order valence-electron chi connectivity index (χ1n) is 8.26. The van der Waals surface area contributed by atoms with Crippen molar-refractivity contribution in [2.24, 2.45) is 0 Å². The van der Waals surface area contributed by atoms with Crippen LogP contribution in [0.1, 0.15) is 5.56 Å². The number of morpholine rings is 1. The Hall–Kier alpha value is -2.70. The highest BCUT2D eigenvalue weighted by molar-refractivity contribution is 5.96. The van der Waals surface area contributed by atoms with Gasteiger partial charge >= 0.3 is 0 Å². The first-order chi connectivity index (χ1) is 12.3. The molecule has 0 aromatic heterocycles. The van der Waals surface area contributed by atoms with E-state index in [0.717, 1.165) is 35.3 Å². The fourth-order valence-electron chi connectivity index (χ4n) is 3.47. The van der Waals surface area contributed by atoms with Crippen molar-refractivity contribution in [2.45, 2.75) is 6.54 Å². The van der Waals surface area contributed by atoms with E-state index in [1.54, 1.807) is 12.5 Å². The summed E-state index contributed by atoms with van der Waals surface area (Å²) in [4.78, 5) is 13.9. The topological polar surface area (TPSA) is 68.8 Å². The maximum Gasteiger partial charge on any atom is 0.283 e. The molecule has 0 amide bonds. The standard InChI is InChI=1S/C19H18N2O4/c22-21(23)19-16(12-20-7-10-24-11-8-20)15-6-9-25-13-17(15)18(19)14-4-2-1-3-5-14/h1-6,9,13H,7-8,10-12H2. The highest BCUT2D eigenvalue weighted by Crippen LogP contribution is 2.48. The molecule has 128 valence electrons. The molecule has 0 atom stereocenters.